The van der Waals surface area contributed by atoms with Crippen LogP contribution in [0.3, 0.4) is 0 Å². The highest BCUT2D eigenvalue weighted by atomic mass is 32.2. The first-order chi connectivity index (χ1) is 14.6. The zero-order valence-corrected chi connectivity index (χ0v) is 17.3. The van der Waals surface area contributed by atoms with Crippen molar-refractivity contribution in [3.63, 3.8) is 0 Å². The predicted molar refractivity (Wildman–Crippen MR) is 116 cm³/mol. The molecule has 6 nitrogen and oxygen atoms in total. The van der Waals surface area contributed by atoms with Crippen molar-refractivity contribution < 1.29 is 9.53 Å². The Morgan fingerprint density at radius 3 is 2.57 bits per heavy atom. The summed E-state index contributed by atoms with van der Waals surface area (Å²) in [6.45, 7) is 4.02. The van der Waals surface area contributed by atoms with Gasteiger partial charge in [-0.15, -0.1) is 0 Å². The van der Waals surface area contributed by atoms with Crippen molar-refractivity contribution in [1.29, 1.82) is 0 Å². The molecule has 0 aliphatic heterocycles. The smallest absolute Gasteiger partial charge is 0.339 e. The summed E-state index contributed by atoms with van der Waals surface area (Å²) in [5.74, 6) is -0.415. The topological polar surface area (TPSA) is 74.1 Å². The molecule has 0 bridgehead atoms. The molecule has 7 heteroatoms. The van der Waals surface area contributed by atoms with E-state index in [1.54, 1.807) is 29.7 Å². The number of hydrogen-bond donors (Lipinski definition) is 0. The summed E-state index contributed by atoms with van der Waals surface area (Å²) in [6, 6.07) is 18.3. The molecule has 150 valence electrons. The summed E-state index contributed by atoms with van der Waals surface area (Å²) in [7, 11) is 0. The van der Waals surface area contributed by atoms with E-state index in [0.29, 0.717) is 33.3 Å². The number of hydrogen-bond acceptors (Lipinski definition) is 6. The summed E-state index contributed by atoms with van der Waals surface area (Å²) < 4.78 is 6.61. The second-order valence-electron chi connectivity index (χ2n) is 6.55. The van der Waals surface area contributed by atoms with Crippen LogP contribution in [-0.4, -0.2) is 27.1 Å². The van der Waals surface area contributed by atoms with Crippen LogP contribution in [0.4, 0.5) is 0 Å². The van der Waals surface area contributed by atoms with Gasteiger partial charge in [0.15, 0.2) is 5.16 Å². The molecule has 4 rings (SSSR count). The van der Waals surface area contributed by atoms with Gasteiger partial charge in [0.2, 0.25) is 0 Å². The number of rotatable bonds is 5. The van der Waals surface area contributed by atoms with E-state index in [-0.39, 0.29) is 5.56 Å². The van der Waals surface area contributed by atoms with Crippen LogP contribution in [0.2, 0.25) is 0 Å². The Morgan fingerprint density at radius 1 is 1.07 bits per heavy atom. The third-order valence-corrected chi connectivity index (χ3v) is 5.45. The second-order valence-corrected chi connectivity index (χ2v) is 7.53. The molecule has 30 heavy (non-hydrogen) atoms. The summed E-state index contributed by atoms with van der Waals surface area (Å²) in [4.78, 5) is 34.3. The monoisotopic (exact) mass is 417 g/mol. The average molecular weight is 417 g/mol. The molecule has 2 aromatic heterocycles. The molecule has 0 saturated heterocycles. The molecule has 0 N–H and O–H groups in total. The first-order valence-electron chi connectivity index (χ1n) is 9.47. The fraction of sp³-hybridized carbons (Fsp3) is 0.130. The fourth-order valence-electron chi connectivity index (χ4n) is 3.08. The van der Waals surface area contributed by atoms with E-state index in [1.165, 1.54) is 18.0 Å². The van der Waals surface area contributed by atoms with Gasteiger partial charge < -0.3 is 4.74 Å². The number of aromatic nitrogens is 3. The number of aryl methyl sites for hydroxylation is 1. The van der Waals surface area contributed by atoms with Gasteiger partial charge in [0, 0.05) is 6.20 Å². The normalized spacial score (nSPS) is 10.9. The number of pyridine rings is 1. The van der Waals surface area contributed by atoms with Crippen LogP contribution >= 0.6 is 11.8 Å². The van der Waals surface area contributed by atoms with Gasteiger partial charge in [-0.3, -0.25) is 9.36 Å². The van der Waals surface area contributed by atoms with Gasteiger partial charge in [0.05, 0.1) is 28.8 Å². The minimum Gasteiger partial charge on any atom is -0.462 e. The molecule has 0 atom stereocenters. The minimum absolute atomic E-state index is 0.138. The summed E-state index contributed by atoms with van der Waals surface area (Å²) >= 11 is 1.27. The molecular weight excluding hydrogens is 398 g/mol. The van der Waals surface area contributed by atoms with Crippen molar-refractivity contribution in [3.05, 3.63) is 88.3 Å². The molecular formula is C23H19N3O3S. The Bertz CT molecular complexity index is 1280. The molecule has 4 aromatic rings. The zero-order valence-electron chi connectivity index (χ0n) is 16.5. The molecule has 0 spiro atoms. The van der Waals surface area contributed by atoms with Crippen molar-refractivity contribution >= 4 is 28.6 Å². The lowest BCUT2D eigenvalue weighted by Crippen LogP contribution is -2.22. The Kier molecular flexibility index (Phi) is 5.63. The highest BCUT2D eigenvalue weighted by Crippen LogP contribution is 2.28. The van der Waals surface area contributed by atoms with E-state index in [2.05, 4.69) is 4.98 Å². The lowest BCUT2D eigenvalue weighted by Gasteiger charge is -2.14. The molecule has 0 unspecified atom stereocenters. The first-order valence-corrected chi connectivity index (χ1v) is 10.3. The quantitative estimate of drug-likeness (QED) is 0.354. The van der Waals surface area contributed by atoms with Gasteiger partial charge in [-0.25, -0.2) is 14.8 Å². The van der Waals surface area contributed by atoms with Crippen molar-refractivity contribution in [2.75, 3.05) is 6.61 Å². The number of nitrogens with zero attached hydrogens (tertiary/aromatic N) is 3. The Hall–Kier alpha value is -3.45. The maximum Gasteiger partial charge on any atom is 0.339 e. The number of para-hydroxylation sites is 2. The molecule has 0 radical (unpaired) electrons. The third kappa shape index (κ3) is 3.84. The lowest BCUT2D eigenvalue weighted by atomic mass is 10.2. The molecule has 0 amide bonds. The van der Waals surface area contributed by atoms with Crippen molar-refractivity contribution in [2.24, 2.45) is 0 Å². The number of benzene rings is 2. The van der Waals surface area contributed by atoms with Crippen LogP contribution in [0.25, 0.3) is 16.6 Å². The van der Waals surface area contributed by atoms with Gasteiger partial charge in [-0.1, -0.05) is 30.3 Å². The van der Waals surface area contributed by atoms with Crippen molar-refractivity contribution in [1.82, 2.24) is 14.5 Å². The first kappa shape index (κ1) is 19.8. The minimum atomic E-state index is -0.415. The van der Waals surface area contributed by atoms with E-state index in [9.17, 15) is 9.59 Å². The van der Waals surface area contributed by atoms with E-state index in [1.807, 2.05) is 49.4 Å². The second kappa shape index (κ2) is 8.51. The van der Waals surface area contributed by atoms with Crippen molar-refractivity contribution in [2.45, 2.75) is 24.0 Å². The van der Waals surface area contributed by atoms with Gasteiger partial charge in [-0.05, 0) is 61.5 Å². The maximum absolute atomic E-state index is 13.3. The summed E-state index contributed by atoms with van der Waals surface area (Å²) in [5.41, 5.74) is 2.60. The van der Waals surface area contributed by atoms with Gasteiger partial charge in [0.1, 0.15) is 5.03 Å². The highest BCUT2D eigenvalue weighted by Gasteiger charge is 2.16. The van der Waals surface area contributed by atoms with Crippen LogP contribution in [0, 0.1) is 6.92 Å². The maximum atomic E-state index is 13.3. The Balaban J connectivity index is 1.82. The van der Waals surface area contributed by atoms with Crippen LogP contribution in [0.1, 0.15) is 22.8 Å². The number of ether oxygens (including phenoxy) is 1. The largest absolute Gasteiger partial charge is 0.462 e. The number of carbonyl (C=O) groups is 1. The Morgan fingerprint density at radius 2 is 1.83 bits per heavy atom. The molecule has 2 aromatic carbocycles. The number of carbonyl (C=O) groups excluding carboxylic acids is 1. The fourth-order valence-corrected chi connectivity index (χ4v) is 3.92. The van der Waals surface area contributed by atoms with E-state index >= 15 is 0 Å². The molecule has 0 fully saturated rings. The van der Waals surface area contributed by atoms with Crippen LogP contribution in [-0.2, 0) is 4.74 Å². The van der Waals surface area contributed by atoms with Crippen LogP contribution in [0.15, 0.2) is 81.8 Å². The van der Waals surface area contributed by atoms with Gasteiger partial charge >= 0.3 is 5.97 Å². The highest BCUT2D eigenvalue weighted by molar-refractivity contribution is 7.99. The molecule has 0 saturated carbocycles. The SMILES string of the molecule is CCOC(=O)c1ccc(Sc2nc3ccccc3c(=O)n2-c2ccccc2C)nc1. The van der Waals surface area contributed by atoms with Crippen LogP contribution < -0.4 is 5.56 Å². The van der Waals surface area contributed by atoms with E-state index in [0.717, 1.165) is 11.3 Å². The predicted octanol–water partition coefficient (Wildman–Crippen LogP) is 4.42. The molecule has 0 aliphatic carbocycles. The summed E-state index contributed by atoms with van der Waals surface area (Å²) in [5, 5.41) is 1.67. The molecule has 0 aliphatic rings. The standard InChI is InChI=1S/C23H19N3O3S/c1-3-29-22(28)16-12-13-20(24-14-16)30-23-25-18-10-6-5-9-17(18)21(27)26(23)19-11-7-4-8-15(19)2/h4-14H,3H2,1-2H3. The molecule has 2 heterocycles. The summed E-state index contributed by atoms with van der Waals surface area (Å²) in [6.07, 6.45) is 1.47. The third-order valence-electron chi connectivity index (χ3n) is 4.54. The van der Waals surface area contributed by atoms with E-state index < -0.39 is 5.97 Å². The number of esters is 1. The van der Waals surface area contributed by atoms with Gasteiger partial charge in [-0.2, -0.15) is 0 Å². The Labute approximate surface area is 177 Å². The average Bonchev–Trinajstić information content (AvgIpc) is 2.76. The van der Waals surface area contributed by atoms with Crippen LogP contribution in [0.5, 0.6) is 0 Å². The number of fused-ring (bicyclic) bond motifs is 1. The van der Waals surface area contributed by atoms with E-state index in [4.69, 9.17) is 9.72 Å². The van der Waals surface area contributed by atoms with Gasteiger partial charge in [0.25, 0.3) is 5.56 Å². The lowest BCUT2D eigenvalue weighted by molar-refractivity contribution is 0.0525. The zero-order chi connectivity index (χ0) is 21.1. The van der Waals surface area contributed by atoms with Crippen molar-refractivity contribution in [3.8, 4) is 5.69 Å².